The molecule has 0 bridgehead atoms. The van der Waals surface area contributed by atoms with Crippen molar-refractivity contribution in [1.82, 2.24) is 20.4 Å². The van der Waals surface area contributed by atoms with Crippen molar-refractivity contribution in [1.29, 1.82) is 0 Å². The van der Waals surface area contributed by atoms with Crippen LogP contribution in [-0.2, 0) is 0 Å². The van der Waals surface area contributed by atoms with Crippen LogP contribution in [0.3, 0.4) is 0 Å². The molecule has 1 aromatic heterocycles. The first-order valence-corrected chi connectivity index (χ1v) is 11.6. The van der Waals surface area contributed by atoms with E-state index in [0.717, 1.165) is 19.0 Å². The molecule has 0 aliphatic carbocycles. The monoisotopic (exact) mass is 391 g/mol. The zero-order valence-electron chi connectivity index (χ0n) is 17.1. The molecule has 152 valence electrons. The van der Waals surface area contributed by atoms with Crippen molar-refractivity contribution in [2.45, 2.75) is 45.1 Å². The second kappa shape index (κ2) is 11.0. The molecule has 27 heavy (non-hydrogen) atoms. The third-order valence-electron chi connectivity index (χ3n) is 5.78. The van der Waals surface area contributed by atoms with E-state index in [1.165, 1.54) is 69.7 Å². The van der Waals surface area contributed by atoms with Gasteiger partial charge in [0.15, 0.2) is 5.96 Å². The standard InChI is InChI=1S/C21H37N5S/c1-18(17-25-10-4-3-5-11-25)15-23-21(22-2)24-16-19(20-9-8-14-27-20)26-12-6-7-13-26/h8-9,14,18-19H,3-7,10-13,15-17H2,1-2H3,(H2,22,23,24). The lowest BCUT2D eigenvalue weighted by Gasteiger charge is -2.30. The van der Waals surface area contributed by atoms with E-state index in [2.05, 4.69) is 49.9 Å². The van der Waals surface area contributed by atoms with Crippen molar-refractivity contribution >= 4 is 17.3 Å². The largest absolute Gasteiger partial charge is 0.356 e. The Morgan fingerprint density at radius 2 is 1.78 bits per heavy atom. The average Bonchev–Trinajstić information content (AvgIpc) is 3.40. The van der Waals surface area contributed by atoms with Crippen molar-refractivity contribution < 1.29 is 0 Å². The van der Waals surface area contributed by atoms with Gasteiger partial charge in [0.1, 0.15) is 0 Å². The minimum absolute atomic E-state index is 0.455. The lowest BCUT2D eigenvalue weighted by molar-refractivity contribution is 0.201. The number of likely N-dealkylation sites (tertiary alicyclic amines) is 2. The van der Waals surface area contributed by atoms with Crippen molar-refractivity contribution in [2.24, 2.45) is 10.9 Å². The van der Waals surface area contributed by atoms with Gasteiger partial charge in [-0.25, -0.2) is 0 Å². The van der Waals surface area contributed by atoms with E-state index in [0.29, 0.717) is 12.0 Å². The maximum atomic E-state index is 4.45. The first-order valence-electron chi connectivity index (χ1n) is 10.7. The number of hydrogen-bond donors (Lipinski definition) is 2. The fourth-order valence-electron chi connectivity index (χ4n) is 4.28. The van der Waals surface area contributed by atoms with Gasteiger partial charge in [-0.05, 0) is 69.2 Å². The fourth-order valence-corrected chi connectivity index (χ4v) is 5.14. The van der Waals surface area contributed by atoms with E-state index in [1.807, 2.05) is 18.4 Å². The molecular weight excluding hydrogens is 354 g/mol. The molecule has 3 heterocycles. The summed E-state index contributed by atoms with van der Waals surface area (Å²) in [5.41, 5.74) is 0. The van der Waals surface area contributed by atoms with Crippen molar-refractivity contribution in [3.8, 4) is 0 Å². The number of nitrogens with zero attached hydrogens (tertiary/aromatic N) is 3. The van der Waals surface area contributed by atoms with Crippen LogP contribution in [-0.4, -0.2) is 68.6 Å². The van der Waals surface area contributed by atoms with Crippen LogP contribution >= 0.6 is 11.3 Å². The Kier molecular flexibility index (Phi) is 8.42. The molecule has 0 amide bonds. The molecule has 0 aromatic carbocycles. The summed E-state index contributed by atoms with van der Waals surface area (Å²) in [6.45, 7) is 10.4. The SMILES string of the molecule is CN=C(NCC(C)CN1CCCCC1)NCC(c1cccs1)N1CCCC1. The van der Waals surface area contributed by atoms with Gasteiger partial charge in [-0.1, -0.05) is 19.4 Å². The fraction of sp³-hybridized carbons (Fsp3) is 0.762. The molecule has 2 saturated heterocycles. The summed E-state index contributed by atoms with van der Waals surface area (Å²) in [6.07, 6.45) is 6.78. The van der Waals surface area contributed by atoms with E-state index in [4.69, 9.17) is 0 Å². The lowest BCUT2D eigenvalue weighted by Crippen LogP contribution is -2.45. The molecule has 2 atom stereocenters. The van der Waals surface area contributed by atoms with Gasteiger partial charge in [0.2, 0.25) is 0 Å². The van der Waals surface area contributed by atoms with Gasteiger partial charge in [-0.2, -0.15) is 0 Å². The number of hydrogen-bond acceptors (Lipinski definition) is 4. The normalized spacial score (nSPS) is 21.9. The van der Waals surface area contributed by atoms with E-state index < -0.39 is 0 Å². The minimum Gasteiger partial charge on any atom is -0.356 e. The third-order valence-corrected chi connectivity index (χ3v) is 6.75. The van der Waals surface area contributed by atoms with Gasteiger partial charge in [-0.15, -0.1) is 11.3 Å². The molecule has 2 N–H and O–H groups in total. The van der Waals surface area contributed by atoms with Crippen LogP contribution < -0.4 is 10.6 Å². The van der Waals surface area contributed by atoms with E-state index in [1.54, 1.807) is 0 Å². The van der Waals surface area contributed by atoms with Gasteiger partial charge >= 0.3 is 0 Å². The highest BCUT2D eigenvalue weighted by molar-refractivity contribution is 7.10. The van der Waals surface area contributed by atoms with Gasteiger partial charge in [0, 0.05) is 31.6 Å². The zero-order valence-corrected chi connectivity index (χ0v) is 17.9. The van der Waals surface area contributed by atoms with Crippen LogP contribution in [0.15, 0.2) is 22.5 Å². The number of piperidine rings is 1. The summed E-state index contributed by atoms with van der Waals surface area (Å²) in [6, 6.07) is 4.89. The highest BCUT2D eigenvalue weighted by Gasteiger charge is 2.24. The highest BCUT2D eigenvalue weighted by Crippen LogP contribution is 2.27. The van der Waals surface area contributed by atoms with Crippen molar-refractivity contribution in [3.05, 3.63) is 22.4 Å². The molecule has 1 aromatic rings. The molecule has 0 radical (unpaired) electrons. The van der Waals surface area contributed by atoms with Gasteiger partial charge in [0.25, 0.3) is 0 Å². The molecule has 2 aliphatic heterocycles. The second-order valence-electron chi connectivity index (χ2n) is 8.07. The predicted octanol–water partition coefficient (Wildman–Crippen LogP) is 3.17. The molecule has 0 saturated carbocycles. The maximum Gasteiger partial charge on any atom is 0.191 e. The van der Waals surface area contributed by atoms with Gasteiger partial charge in [0.05, 0.1) is 6.04 Å². The summed E-state index contributed by atoms with van der Waals surface area (Å²) >= 11 is 1.87. The van der Waals surface area contributed by atoms with Crippen LogP contribution in [0.5, 0.6) is 0 Å². The number of nitrogens with one attached hydrogen (secondary N) is 2. The lowest BCUT2D eigenvalue weighted by atomic mass is 10.1. The molecule has 2 aliphatic rings. The quantitative estimate of drug-likeness (QED) is 0.528. The summed E-state index contributed by atoms with van der Waals surface area (Å²) in [5, 5.41) is 9.32. The Hall–Kier alpha value is -1.11. The van der Waals surface area contributed by atoms with E-state index in [9.17, 15) is 0 Å². The van der Waals surface area contributed by atoms with Crippen LogP contribution in [0.25, 0.3) is 0 Å². The molecule has 2 unspecified atom stereocenters. The molecular formula is C21H37N5S. The van der Waals surface area contributed by atoms with Crippen LogP contribution in [0, 0.1) is 5.92 Å². The molecule has 3 rings (SSSR count). The topological polar surface area (TPSA) is 42.9 Å². The Labute approximate surface area is 169 Å². The second-order valence-corrected chi connectivity index (χ2v) is 9.05. The zero-order chi connectivity index (χ0) is 18.9. The number of aliphatic imine (C=N–C) groups is 1. The van der Waals surface area contributed by atoms with Crippen molar-refractivity contribution in [2.75, 3.05) is 52.9 Å². The van der Waals surface area contributed by atoms with E-state index in [-0.39, 0.29) is 0 Å². The Bertz CT molecular complexity index is 547. The van der Waals surface area contributed by atoms with Crippen LogP contribution in [0.1, 0.15) is 49.9 Å². The molecule has 2 fully saturated rings. The van der Waals surface area contributed by atoms with Crippen molar-refractivity contribution in [3.63, 3.8) is 0 Å². The van der Waals surface area contributed by atoms with Gasteiger partial charge in [-0.3, -0.25) is 9.89 Å². The maximum absolute atomic E-state index is 4.45. The molecule has 5 nitrogen and oxygen atoms in total. The first kappa shape index (κ1) is 20.6. The van der Waals surface area contributed by atoms with Crippen LogP contribution in [0.2, 0.25) is 0 Å². The summed E-state index contributed by atoms with van der Waals surface area (Å²) in [7, 11) is 1.88. The predicted molar refractivity (Wildman–Crippen MR) is 117 cm³/mol. The summed E-state index contributed by atoms with van der Waals surface area (Å²) in [5.74, 6) is 1.56. The summed E-state index contributed by atoms with van der Waals surface area (Å²) < 4.78 is 0. The summed E-state index contributed by atoms with van der Waals surface area (Å²) in [4.78, 5) is 11.1. The highest BCUT2D eigenvalue weighted by atomic mass is 32.1. The van der Waals surface area contributed by atoms with E-state index >= 15 is 0 Å². The number of guanidine groups is 1. The number of rotatable bonds is 8. The molecule has 6 heteroatoms. The third kappa shape index (κ3) is 6.47. The van der Waals surface area contributed by atoms with Gasteiger partial charge < -0.3 is 15.5 Å². The van der Waals surface area contributed by atoms with Crippen LogP contribution in [0.4, 0.5) is 0 Å². The minimum atomic E-state index is 0.455. The number of thiophene rings is 1. The first-order chi connectivity index (χ1) is 13.3. The Balaban J connectivity index is 1.44. The Morgan fingerprint density at radius 3 is 2.44 bits per heavy atom. The molecule has 0 spiro atoms. The average molecular weight is 392 g/mol. The Morgan fingerprint density at radius 1 is 1.07 bits per heavy atom. The smallest absolute Gasteiger partial charge is 0.191 e.